The number of carbonyl (C=O) groups is 1. The van der Waals surface area contributed by atoms with Crippen LogP contribution in [0.4, 0.5) is 15.1 Å². The van der Waals surface area contributed by atoms with Gasteiger partial charge in [0.25, 0.3) is 5.91 Å². The Morgan fingerprint density at radius 2 is 2.03 bits per heavy atom. The second kappa shape index (κ2) is 8.67. The van der Waals surface area contributed by atoms with Gasteiger partial charge in [-0.1, -0.05) is 12.1 Å². The summed E-state index contributed by atoms with van der Waals surface area (Å²) in [6, 6.07) is 11.4. The Morgan fingerprint density at radius 1 is 1.17 bits per heavy atom. The molecule has 0 aliphatic heterocycles. The Kier molecular flexibility index (Phi) is 5.81. The molecule has 30 heavy (non-hydrogen) atoms. The largest absolute Gasteiger partial charge is 0.497 e. The smallest absolute Gasteiger partial charge is 0.259 e. The first-order valence-corrected chi connectivity index (χ1v) is 10.4. The number of fused-ring (bicyclic) bond motifs is 1. The molecule has 1 aliphatic rings. The van der Waals surface area contributed by atoms with Crippen LogP contribution in [0.15, 0.2) is 47.5 Å². The van der Waals surface area contributed by atoms with Crippen LogP contribution in [0.25, 0.3) is 0 Å². The van der Waals surface area contributed by atoms with Gasteiger partial charge in [-0.2, -0.15) is 0 Å². The average molecular weight is 424 g/mol. The molecule has 0 unspecified atom stereocenters. The number of nitrogens with one attached hydrogen (secondary N) is 1. The lowest BCUT2D eigenvalue weighted by Gasteiger charge is -2.12. The zero-order valence-electron chi connectivity index (χ0n) is 16.7. The molecule has 1 aliphatic carbocycles. The molecule has 0 bridgehead atoms. The lowest BCUT2D eigenvalue weighted by Crippen LogP contribution is -2.14. The zero-order chi connectivity index (χ0) is 21.1. The number of ether oxygens (including phenoxy) is 2. The number of aliphatic imine (C=N–C) groups is 1. The monoisotopic (exact) mass is 424 g/mol. The van der Waals surface area contributed by atoms with E-state index in [1.165, 1.54) is 28.3 Å². The topological polar surface area (TPSA) is 59.9 Å². The molecule has 2 aromatic carbocycles. The summed E-state index contributed by atoms with van der Waals surface area (Å²) in [4.78, 5) is 18.9. The average Bonchev–Trinajstić information content (AvgIpc) is 3.33. The van der Waals surface area contributed by atoms with Crippen molar-refractivity contribution < 1.29 is 18.7 Å². The van der Waals surface area contributed by atoms with Gasteiger partial charge in [0.05, 0.1) is 25.5 Å². The SMILES string of the molecule is COc1ccc(NC(=O)c2c(/N=C/c3cccc(F)c3)sc3c2CCC3)c(OC)c1. The summed E-state index contributed by atoms with van der Waals surface area (Å²) in [5, 5.41) is 3.58. The van der Waals surface area contributed by atoms with Crippen LogP contribution in [0.1, 0.15) is 32.8 Å². The number of methoxy groups -OCH3 is 2. The van der Waals surface area contributed by atoms with Crippen molar-refractivity contribution in [1.82, 2.24) is 0 Å². The van der Waals surface area contributed by atoms with Crippen molar-refractivity contribution in [1.29, 1.82) is 0 Å². The maximum absolute atomic E-state index is 13.5. The quantitative estimate of drug-likeness (QED) is 0.539. The summed E-state index contributed by atoms with van der Waals surface area (Å²) in [5.74, 6) is 0.600. The summed E-state index contributed by atoms with van der Waals surface area (Å²) in [7, 11) is 3.12. The predicted octanol–water partition coefficient (Wildman–Crippen LogP) is 5.40. The van der Waals surface area contributed by atoms with Gasteiger partial charge in [0.1, 0.15) is 22.3 Å². The third kappa shape index (κ3) is 4.07. The first-order chi connectivity index (χ1) is 14.6. The van der Waals surface area contributed by atoms with Gasteiger partial charge in [-0.3, -0.25) is 4.79 Å². The first kappa shape index (κ1) is 20.1. The van der Waals surface area contributed by atoms with Crippen molar-refractivity contribution in [2.45, 2.75) is 19.3 Å². The van der Waals surface area contributed by atoms with Crippen molar-refractivity contribution in [3.05, 3.63) is 69.8 Å². The highest BCUT2D eigenvalue weighted by molar-refractivity contribution is 7.16. The molecule has 0 saturated heterocycles. The van der Waals surface area contributed by atoms with Crippen LogP contribution in [0.3, 0.4) is 0 Å². The minimum absolute atomic E-state index is 0.232. The second-order valence-corrected chi connectivity index (χ2v) is 7.95. The van der Waals surface area contributed by atoms with Crippen LogP contribution in [0.5, 0.6) is 11.5 Å². The fraction of sp³-hybridized carbons (Fsp3) is 0.217. The van der Waals surface area contributed by atoms with Gasteiger partial charge in [0.15, 0.2) is 0 Å². The van der Waals surface area contributed by atoms with Crippen LogP contribution in [0, 0.1) is 5.82 Å². The number of nitrogens with zero attached hydrogens (tertiary/aromatic N) is 1. The number of anilines is 1. The number of aryl methyl sites for hydroxylation is 1. The molecular formula is C23H21FN2O3S. The molecule has 1 amide bonds. The second-order valence-electron chi connectivity index (χ2n) is 6.87. The van der Waals surface area contributed by atoms with E-state index in [0.717, 1.165) is 24.8 Å². The summed E-state index contributed by atoms with van der Waals surface area (Å²) in [6.45, 7) is 0. The van der Waals surface area contributed by atoms with E-state index >= 15 is 0 Å². The van der Waals surface area contributed by atoms with Crippen molar-refractivity contribution in [3.8, 4) is 11.5 Å². The minimum atomic E-state index is -0.322. The standard InChI is InChI=1S/C23H21FN2O3S/c1-28-16-9-10-18(19(12-16)29-2)26-22(27)21-17-7-4-8-20(17)30-23(21)25-13-14-5-3-6-15(24)11-14/h3,5-6,9-13H,4,7-8H2,1-2H3,(H,26,27)/b25-13+. The van der Waals surface area contributed by atoms with Gasteiger partial charge in [-0.15, -0.1) is 11.3 Å². The van der Waals surface area contributed by atoms with E-state index in [-0.39, 0.29) is 11.7 Å². The van der Waals surface area contributed by atoms with Gasteiger partial charge in [0.2, 0.25) is 0 Å². The van der Waals surface area contributed by atoms with E-state index < -0.39 is 0 Å². The Balaban J connectivity index is 1.66. The molecule has 3 aromatic rings. The van der Waals surface area contributed by atoms with E-state index in [0.29, 0.717) is 33.3 Å². The maximum Gasteiger partial charge on any atom is 0.259 e. The number of amides is 1. The van der Waals surface area contributed by atoms with E-state index in [1.54, 1.807) is 50.8 Å². The highest BCUT2D eigenvalue weighted by Gasteiger charge is 2.27. The summed E-state index contributed by atoms with van der Waals surface area (Å²) >= 11 is 1.52. The van der Waals surface area contributed by atoms with Crippen molar-refractivity contribution in [2.75, 3.05) is 19.5 Å². The molecule has 0 saturated carbocycles. The van der Waals surface area contributed by atoms with Gasteiger partial charge < -0.3 is 14.8 Å². The van der Waals surface area contributed by atoms with Gasteiger partial charge in [-0.05, 0) is 54.7 Å². The van der Waals surface area contributed by atoms with Crippen molar-refractivity contribution >= 4 is 34.1 Å². The van der Waals surface area contributed by atoms with Gasteiger partial charge in [0, 0.05) is 17.2 Å². The van der Waals surface area contributed by atoms with Crippen LogP contribution < -0.4 is 14.8 Å². The highest BCUT2D eigenvalue weighted by Crippen LogP contribution is 2.41. The molecule has 1 heterocycles. The number of thiophene rings is 1. The molecule has 154 valence electrons. The molecular weight excluding hydrogens is 403 g/mol. The fourth-order valence-corrected chi connectivity index (χ4v) is 4.75. The highest BCUT2D eigenvalue weighted by atomic mass is 32.1. The third-order valence-corrected chi connectivity index (χ3v) is 6.17. The number of hydrogen-bond donors (Lipinski definition) is 1. The number of carbonyl (C=O) groups excluding carboxylic acids is 1. The van der Waals surface area contributed by atoms with E-state index in [9.17, 15) is 9.18 Å². The molecule has 5 nitrogen and oxygen atoms in total. The normalized spacial score (nSPS) is 12.8. The van der Waals surface area contributed by atoms with Crippen LogP contribution in [-0.4, -0.2) is 26.3 Å². The number of benzene rings is 2. The predicted molar refractivity (Wildman–Crippen MR) is 117 cm³/mol. The first-order valence-electron chi connectivity index (χ1n) is 9.56. The maximum atomic E-state index is 13.5. The molecule has 0 spiro atoms. The molecule has 1 aromatic heterocycles. The molecule has 0 atom stereocenters. The molecule has 4 rings (SSSR count). The Labute approximate surface area is 178 Å². The van der Waals surface area contributed by atoms with Gasteiger partial charge >= 0.3 is 0 Å². The molecule has 0 fully saturated rings. The zero-order valence-corrected chi connectivity index (χ0v) is 17.5. The van der Waals surface area contributed by atoms with Crippen LogP contribution in [-0.2, 0) is 12.8 Å². The summed E-state index contributed by atoms with van der Waals surface area (Å²) in [5.41, 5.74) is 2.84. The molecule has 0 radical (unpaired) electrons. The van der Waals surface area contributed by atoms with E-state index in [2.05, 4.69) is 10.3 Å². The van der Waals surface area contributed by atoms with Crippen LogP contribution in [0.2, 0.25) is 0 Å². The number of halogens is 1. The van der Waals surface area contributed by atoms with E-state index in [4.69, 9.17) is 9.47 Å². The van der Waals surface area contributed by atoms with E-state index in [1.807, 2.05) is 0 Å². The lowest BCUT2D eigenvalue weighted by atomic mass is 10.1. The van der Waals surface area contributed by atoms with Crippen LogP contribution >= 0.6 is 11.3 Å². The number of hydrogen-bond acceptors (Lipinski definition) is 5. The Bertz CT molecular complexity index is 1120. The Morgan fingerprint density at radius 3 is 2.80 bits per heavy atom. The van der Waals surface area contributed by atoms with Crippen molar-refractivity contribution in [2.24, 2.45) is 4.99 Å². The minimum Gasteiger partial charge on any atom is -0.497 e. The number of rotatable bonds is 6. The summed E-state index contributed by atoms with van der Waals surface area (Å²) < 4.78 is 24.1. The summed E-state index contributed by atoms with van der Waals surface area (Å²) in [6.07, 6.45) is 4.42. The lowest BCUT2D eigenvalue weighted by molar-refractivity contribution is 0.102. The van der Waals surface area contributed by atoms with Gasteiger partial charge in [-0.25, -0.2) is 9.38 Å². The molecule has 1 N–H and O–H groups in total. The fourth-order valence-electron chi connectivity index (χ4n) is 3.52. The van der Waals surface area contributed by atoms with Crippen molar-refractivity contribution in [3.63, 3.8) is 0 Å². The third-order valence-electron chi connectivity index (χ3n) is 4.97. The Hall–Kier alpha value is -3.19. The molecule has 7 heteroatoms.